The van der Waals surface area contributed by atoms with E-state index in [4.69, 9.17) is 26.2 Å². The quantitative estimate of drug-likeness (QED) is 0.0993. The van der Waals surface area contributed by atoms with Crippen LogP contribution in [-0.2, 0) is 23.1 Å². The third-order valence-electron chi connectivity index (χ3n) is 6.73. The van der Waals surface area contributed by atoms with Crippen molar-refractivity contribution in [3.05, 3.63) is 0 Å². The molecule has 1 aliphatic rings. The highest BCUT2D eigenvalue weighted by molar-refractivity contribution is 7.80. The Hall–Kier alpha value is -0.0800. The van der Waals surface area contributed by atoms with E-state index < -0.39 is 20.0 Å². The predicted octanol–water partition coefficient (Wildman–Crippen LogP) is 6.57. The van der Waals surface area contributed by atoms with Crippen molar-refractivity contribution in [3.63, 3.8) is 0 Å². The first kappa shape index (κ1) is 31.9. The SMILES string of the molecule is CCCCCCCCCCCCCCCC(=S)N[C@H]1C[C@H](COC)C(OP(=O)(O)OC)[C@@H]1OC. The fraction of sp³-hybridized carbons (Fsp3) is 0.960. The van der Waals surface area contributed by atoms with E-state index in [0.717, 1.165) is 24.9 Å². The van der Waals surface area contributed by atoms with E-state index in [9.17, 15) is 9.46 Å². The first-order valence-corrected chi connectivity index (χ1v) is 15.2. The fourth-order valence-electron chi connectivity index (χ4n) is 4.83. The Morgan fingerprint density at radius 1 is 0.912 bits per heavy atom. The Morgan fingerprint density at radius 2 is 1.44 bits per heavy atom. The number of rotatable bonds is 21. The molecule has 7 nitrogen and oxygen atoms in total. The third kappa shape index (κ3) is 13.3. The molecule has 0 aromatic rings. The molecule has 1 aliphatic carbocycles. The van der Waals surface area contributed by atoms with Gasteiger partial charge in [-0.15, -0.1) is 0 Å². The molecule has 0 aromatic carbocycles. The molecule has 202 valence electrons. The lowest BCUT2D eigenvalue weighted by atomic mass is 10.0. The van der Waals surface area contributed by atoms with Gasteiger partial charge in [-0.05, 0) is 19.3 Å². The number of phosphoric acid groups is 1. The van der Waals surface area contributed by atoms with Gasteiger partial charge in [-0.25, -0.2) is 4.57 Å². The number of hydrogen-bond acceptors (Lipinski definition) is 6. The van der Waals surface area contributed by atoms with Gasteiger partial charge < -0.3 is 19.7 Å². The van der Waals surface area contributed by atoms with E-state index in [-0.39, 0.29) is 12.0 Å². The van der Waals surface area contributed by atoms with Gasteiger partial charge in [0.2, 0.25) is 0 Å². The average molecular weight is 524 g/mol. The predicted molar refractivity (Wildman–Crippen MR) is 142 cm³/mol. The Kier molecular flexibility index (Phi) is 17.9. The Morgan fingerprint density at radius 3 is 1.91 bits per heavy atom. The topological polar surface area (TPSA) is 86.3 Å². The van der Waals surface area contributed by atoms with E-state index >= 15 is 0 Å². The summed E-state index contributed by atoms with van der Waals surface area (Å²) in [5.41, 5.74) is 0. The third-order valence-corrected chi connectivity index (χ3v) is 8.03. The van der Waals surface area contributed by atoms with Crippen LogP contribution in [0.25, 0.3) is 0 Å². The molecule has 0 amide bonds. The van der Waals surface area contributed by atoms with Crippen molar-refractivity contribution in [3.8, 4) is 0 Å². The minimum absolute atomic E-state index is 0.0952. The summed E-state index contributed by atoms with van der Waals surface area (Å²) in [6.45, 7) is 2.67. The smallest absolute Gasteiger partial charge is 0.384 e. The van der Waals surface area contributed by atoms with Crippen molar-refractivity contribution in [2.45, 2.75) is 121 Å². The van der Waals surface area contributed by atoms with Crippen molar-refractivity contribution in [2.75, 3.05) is 27.9 Å². The number of unbranched alkanes of at least 4 members (excludes halogenated alkanes) is 12. The van der Waals surface area contributed by atoms with Gasteiger partial charge in [0.25, 0.3) is 0 Å². The van der Waals surface area contributed by atoms with E-state index in [1.807, 2.05) is 0 Å². The maximum absolute atomic E-state index is 12.0. The number of hydrogen-bond donors (Lipinski definition) is 2. The molecule has 0 bridgehead atoms. The van der Waals surface area contributed by atoms with Gasteiger partial charge >= 0.3 is 7.82 Å². The van der Waals surface area contributed by atoms with Crippen LogP contribution < -0.4 is 5.32 Å². The second-order valence-electron chi connectivity index (χ2n) is 9.54. The molecule has 1 fully saturated rings. The molecular weight excluding hydrogens is 473 g/mol. The molecule has 0 aromatic heterocycles. The van der Waals surface area contributed by atoms with E-state index in [1.165, 1.54) is 77.0 Å². The minimum Gasteiger partial charge on any atom is -0.384 e. The normalized spacial score (nSPS) is 24.3. The van der Waals surface area contributed by atoms with Crippen LogP contribution in [-0.4, -0.2) is 56.1 Å². The van der Waals surface area contributed by atoms with E-state index in [1.54, 1.807) is 14.2 Å². The number of ether oxygens (including phenoxy) is 2. The average Bonchev–Trinajstić information content (AvgIpc) is 3.11. The molecule has 0 radical (unpaired) electrons. The van der Waals surface area contributed by atoms with Crippen molar-refractivity contribution in [1.82, 2.24) is 5.32 Å². The number of nitrogens with one attached hydrogen (secondary N) is 1. The molecule has 9 heteroatoms. The molecular formula is C25H50NO6PS. The summed E-state index contributed by atoms with van der Waals surface area (Å²) in [5, 5.41) is 3.40. The van der Waals surface area contributed by atoms with Crippen LogP contribution in [0.5, 0.6) is 0 Å². The number of phosphoric ester groups is 1. The maximum atomic E-state index is 12.0. The van der Waals surface area contributed by atoms with Crippen LogP contribution >= 0.6 is 20.0 Å². The molecule has 5 atom stereocenters. The molecule has 34 heavy (non-hydrogen) atoms. The Bertz CT molecular complexity index is 582. The van der Waals surface area contributed by atoms with Crippen LogP contribution in [0.15, 0.2) is 0 Å². The van der Waals surface area contributed by atoms with Gasteiger partial charge in [-0.3, -0.25) is 9.05 Å². The van der Waals surface area contributed by atoms with Gasteiger partial charge in [0, 0.05) is 27.2 Å². The van der Waals surface area contributed by atoms with Crippen LogP contribution in [0.3, 0.4) is 0 Å². The van der Waals surface area contributed by atoms with Gasteiger partial charge in [0.05, 0.1) is 17.6 Å². The largest absolute Gasteiger partial charge is 0.472 e. The monoisotopic (exact) mass is 523 g/mol. The zero-order valence-corrected chi connectivity index (χ0v) is 23.7. The van der Waals surface area contributed by atoms with Crippen molar-refractivity contribution in [1.29, 1.82) is 0 Å². The summed E-state index contributed by atoms with van der Waals surface area (Å²) >= 11 is 5.58. The van der Waals surface area contributed by atoms with Crippen LogP contribution in [0, 0.1) is 5.92 Å². The van der Waals surface area contributed by atoms with E-state index in [0.29, 0.717) is 13.0 Å². The molecule has 0 spiro atoms. The standard InChI is InChI=1S/C25H50NO6PS/c1-5-6-7-8-9-10-11-12-13-14-15-16-17-18-23(34)26-22-19-21(20-29-2)24(25(22)30-3)32-33(27,28)31-4/h21-22,24-25H,5-20H2,1-4H3,(H,26,34)(H,27,28)/t21-,22+,24?,25-/m1/s1. The maximum Gasteiger partial charge on any atom is 0.472 e. The van der Waals surface area contributed by atoms with Gasteiger partial charge in [0.1, 0.15) is 12.2 Å². The summed E-state index contributed by atoms with van der Waals surface area (Å²) in [4.78, 5) is 10.6. The minimum atomic E-state index is -4.14. The Balaban J connectivity index is 2.23. The molecule has 1 saturated carbocycles. The first-order chi connectivity index (χ1) is 16.4. The van der Waals surface area contributed by atoms with Crippen molar-refractivity contribution < 1.29 is 28.0 Å². The van der Waals surface area contributed by atoms with Crippen LogP contribution in [0.4, 0.5) is 0 Å². The second kappa shape index (κ2) is 19.1. The first-order valence-electron chi connectivity index (χ1n) is 13.3. The lowest BCUT2D eigenvalue weighted by Gasteiger charge is -2.27. The lowest BCUT2D eigenvalue weighted by Crippen LogP contribution is -2.44. The van der Waals surface area contributed by atoms with Crippen molar-refractivity contribution >= 4 is 25.0 Å². The lowest BCUT2D eigenvalue weighted by molar-refractivity contribution is -0.0282. The van der Waals surface area contributed by atoms with Crippen molar-refractivity contribution in [2.24, 2.45) is 5.92 Å². The Labute approximate surface area is 213 Å². The van der Waals surface area contributed by atoms with Gasteiger partial charge in [-0.1, -0.05) is 96.2 Å². The fourth-order valence-corrected chi connectivity index (χ4v) is 5.81. The molecule has 2 unspecified atom stereocenters. The molecule has 2 N–H and O–H groups in total. The molecule has 0 aliphatic heterocycles. The zero-order chi connectivity index (χ0) is 25.2. The summed E-state index contributed by atoms with van der Waals surface area (Å²) in [5.74, 6) is -0.0952. The molecule has 0 heterocycles. The highest BCUT2D eigenvalue weighted by Gasteiger charge is 2.47. The summed E-state index contributed by atoms with van der Waals surface area (Å²) in [6.07, 6.45) is 17.7. The molecule has 1 rings (SSSR count). The summed E-state index contributed by atoms with van der Waals surface area (Å²) < 4.78 is 33.0. The summed E-state index contributed by atoms with van der Waals surface area (Å²) in [6, 6.07) is -0.0959. The van der Waals surface area contributed by atoms with Crippen LogP contribution in [0.1, 0.15) is 103 Å². The highest BCUT2D eigenvalue weighted by Crippen LogP contribution is 2.48. The number of methoxy groups -OCH3 is 2. The van der Waals surface area contributed by atoms with E-state index in [2.05, 4.69) is 16.8 Å². The highest BCUT2D eigenvalue weighted by atomic mass is 32.1. The van der Waals surface area contributed by atoms with Crippen LogP contribution in [0.2, 0.25) is 0 Å². The number of thiocarbonyl (C=S) groups is 1. The summed E-state index contributed by atoms with van der Waals surface area (Å²) in [7, 11) is 0.205. The zero-order valence-electron chi connectivity index (χ0n) is 22.0. The van der Waals surface area contributed by atoms with Gasteiger partial charge in [0.15, 0.2) is 0 Å². The van der Waals surface area contributed by atoms with Gasteiger partial charge in [-0.2, -0.15) is 0 Å². The molecule has 0 saturated heterocycles. The second-order valence-corrected chi connectivity index (χ2v) is 11.5.